The SMILES string of the molecule is CC1(C)c2cc(-c3ccc4c(c3)C3(c5ccccc5-c5ccccc53)c3ccccc3C43c4ccccc4-c4ccccc43)ccc2-c2c1sc1ccccc21. The highest BCUT2D eigenvalue weighted by atomic mass is 32.1. The van der Waals surface area contributed by atoms with E-state index in [1.807, 2.05) is 11.3 Å². The maximum absolute atomic E-state index is 2.59. The number of thiophene rings is 1. The van der Waals surface area contributed by atoms with E-state index in [4.69, 9.17) is 0 Å². The molecule has 0 amide bonds. The van der Waals surface area contributed by atoms with E-state index in [-0.39, 0.29) is 5.41 Å². The lowest BCUT2D eigenvalue weighted by atomic mass is 9.52. The first-order valence-corrected chi connectivity index (χ1v) is 20.7. The fourth-order valence-electron chi connectivity index (χ4n) is 11.8. The van der Waals surface area contributed by atoms with E-state index in [0.29, 0.717) is 0 Å². The van der Waals surface area contributed by atoms with Crippen LogP contribution in [0.15, 0.2) is 182 Å². The number of hydrogen-bond acceptors (Lipinski definition) is 1. The van der Waals surface area contributed by atoms with Crippen molar-refractivity contribution in [3.05, 3.63) is 237 Å². The van der Waals surface area contributed by atoms with Crippen molar-refractivity contribution in [2.24, 2.45) is 0 Å². The summed E-state index contributed by atoms with van der Waals surface area (Å²) >= 11 is 1.96. The Morgan fingerprint density at radius 2 is 0.750 bits per heavy atom. The van der Waals surface area contributed by atoms with Gasteiger partial charge >= 0.3 is 0 Å². The third kappa shape index (κ3) is 3.45. The summed E-state index contributed by atoms with van der Waals surface area (Å²) in [6.45, 7) is 4.83. The van der Waals surface area contributed by atoms with Gasteiger partial charge in [0.2, 0.25) is 0 Å². The van der Waals surface area contributed by atoms with Crippen molar-refractivity contribution in [1.29, 1.82) is 0 Å². The Kier molecular flexibility index (Phi) is 5.82. The molecule has 0 N–H and O–H groups in total. The second-order valence-corrected chi connectivity index (χ2v) is 17.7. The van der Waals surface area contributed by atoms with E-state index in [9.17, 15) is 0 Å². The van der Waals surface area contributed by atoms with Crippen molar-refractivity contribution < 1.29 is 0 Å². The summed E-state index contributed by atoms with van der Waals surface area (Å²) in [5.41, 5.74) is 22.0. The molecule has 0 nitrogen and oxygen atoms in total. The molecule has 0 radical (unpaired) electrons. The molecule has 13 rings (SSSR count). The quantitative estimate of drug-likeness (QED) is 0.158. The highest BCUT2D eigenvalue weighted by Gasteiger charge is 2.59. The van der Waals surface area contributed by atoms with Crippen molar-refractivity contribution in [2.75, 3.05) is 0 Å². The van der Waals surface area contributed by atoms with Crippen LogP contribution in [0.1, 0.15) is 68.8 Å². The summed E-state index contributed by atoms with van der Waals surface area (Å²) in [4.78, 5) is 1.48. The molecule has 9 aromatic rings. The van der Waals surface area contributed by atoms with Gasteiger partial charge in [-0.3, -0.25) is 0 Å². The van der Waals surface area contributed by atoms with Gasteiger partial charge < -0.3 is 0 Å². The largest absolute Gasteiger partial charge is 0.139 e. The molecule has 0 atom stereocenters. The lowest BCUT2D eigenvalue weighted by Gasteiger charge is -2.49. The molecule has 56 heavy (non-hydrogen) atoms. The molecule has 0 bridgehead atoms. The minimum absolute atomic E-state index is 0.0800. The summed E-state index contributed by atoms with van der Waals surface area (Å²) < 4.78 is 1.38. The van der Waals surface area contributed by atoms with E-state index >= 15 is 0 Å². The molecular formula is C55H36S. The molecule has 0 fully saturated rings. The summed E-state index contributed by atoms with van der Waals surface area (Å²) in [6, 6.07) is 69.9. The molecule has 262 valence electrons. The Bertz CT molecular complexity index is 3100. The summed E-state index contributed by atoms with van der Waals surface area (Å²) in [5.74, 6) is 0. The Balaban J connectivity index is 1.15. The van der Waals surface area contributed by atoms with Gasteiger partial charge in [0.05, 0.1) is 10.8 Å². The van der Waals surface area contributed by atoms with Crippen LogP contribution < -0.4 is 0 Å². The molecule has 8 aromatic carbocycles. The highest BCUT2D eigenvalue weighted by Crippen LogP contribution is 2.67. The average molecular weight is 729 g/mol. The molecule has 4 aliphatic carbocycles. The second-order valence-electron chi connectivity index (χ2n) is 16.7. The first-order chi connectivity index (χ1) is 27.5. The number of hydrogen-bond donors (Lipinski definition) is 0. The normalized spacial score (nSPS) is 16.1. The highest BCUT2D eigenvalue weighted by molar-refractivity contribution is 7.20. The minimum Gasteiger partial charge on any atom is -0.139 e. The van der Waals surface area contributed by atoms with Crippen LogP contribution in [0.2, 0.25) is 0 Å². The van der Waals surface area contributed by atoms with E-state index in [2.05, 4.69) is 196 Å². The van der Waals surface area contributed by atoms with Gasteiger partial charge in [0, 0.05) is 25.9 Å². The van der Waals surface area contributed by atoms with Crippen LogP contribution in [-0.4, -0.2) is 0 Å². The van der Waals surface area contributed by atoms with Gasteiger partial charge in [-0.1, -0.05) is 178 Å². The zero-order valence-corrected chi connectivity index (χ0v) is 32.0. The first-order valence-electron chi connectivity index (χ1n) is 19.8. The van der Waals surface area contributed by atoms with Crippen molar-refractivity contribution in [3.8, 4) is 44.5 Å². The van der Waals surface area contributed by atoms with E-state index < -0.39 is 10.8 Å². The molecule has 0 aliphatic heterocycles. The molecule has 0 saturated heterocycles. The van der Waals surface area contributed by atoms with Crippen molar-refractivity contribution >= 4 is 21.4 Å². The van der Waals surface area contributed by atoms with Crippen molar-refractivity contribution in [2.45, 2.75) is 30.1 Å². The summed E-state index contributed by atoms with van der Waals surface area (Å²) in [5, 5.41) is 1.38. The van der Waals surface area contributed by atoms with Gasteiger partial charge in [-0.2, -0.15) is 0 Å². The smallest absolute Gasteiger partial charge is 0.0720 e. The lowest BCUT2D eigenvalue weighted by Crippen LogP contribution is -2.43. The third-order valence-corrected chi connectivity index (χ3v) is 15.4. The maximum Gasteiger partial charge on any atom is 0.0720 e. The molecule has 4 aliphatic rings. The van der Waals surface area contributed by atoms with Gasteiger partial charge in [-0.05, 0) is 107 Å². The molecule has 1 heteroatoms. The molecule has 1 aromatic heterocycles. The fraction of sp³-hybridized carbons (Fsp3) is 0.0909. The van der Waals surface area contributed by atoms with Crippen LogP contribution in [0, 0.1) is 0 Å². The Hall–Kier alpha value is -6.28. The predicted octanol–water partition coefficient (Wildman–Crippen LogP) is 13.9. The van der Waals surface area contributed by atoms with Crippen molar-refractivity contribution in [1.82, 2.24) is 0 Å². The molecule has 0 saturated carbocycles. The third-order valence-electron chi connectivity index (χ3n) is 13.9. The van der Waals surface area contributed by atoms with Gasteiger partial charge in [-0.25, -0.2) is 0 Å². The molecule has 2 spiro atoms. The average Bonchev–Trinajstić information content (AvgIpc) is 3.94. The first kappa shape index (κ1) is 31.0. The van der Waals surface area contributed by atoms with E-state index in [1.54, 1.807) is 0 Å². The lowest BCUT2D eigenvalue weighted by molar-refractivity contribution is 0.633. The van der Waals surface area contributed by atoms with Crippen LogP contribution in [0.5, 0.6) is 0 Å². The van der Waals surface area contributed by atoms with Crippen LogP contribution in [0.4, 0.5) is 0 Å². The Morgan fingerprint density at radius 3 is 1.30 bits per heavy atom. The van der Waals surface area contributed by atoms with E-state index in [0.717, 1.165) is 0 Å². The minimum atomic E-state index is -0.494. The standard InChI is InChI=1S/C55H36S/c1-53(2)48-31-33(27-29-39(48)51-40-19-7-14-26-50(40)56-52(51)53)34-28-30-47-49(32-34)55(43-22-10-5-17-37(43)38-18-6-11-23-44(38)55)46-25-13-12-24-45(46)54(47)41-20-8-3-15-35(41)36-16-4-9-21-42(36)54/h3-32H,1-2H3. The second kappa shape index (κ2) is 10.5. The van der Waals surface area contributed by atoms with Gasteiger partial charge in [0.15, 0.2) is 0 Å². The monoisotopic (exact) mass is 728 g/mol. The van der Waals surface area contributed by atoms with Crippen LogP contribution in [-0.2, 0) is 16.2 Å². The van der Waals surface area contributed by atoms with Crippen LogP contribution >= 0.6 is 11.3 Å². The molecule has 0 unspecified atom stereocenters. The topological polar surface area (TPSA) is 0 Å². The van der Waals surface area contributed by atoms with Gasteiger partial charge in [0.25, 0.3) is 0 Å². The summed E-state index contributed by atoms with van der Waals surface area (Å²) in [7, 11) is 0. The van der Waals surface area contributed by atoms with Gasteiger partial charge in [0.1, 0.15) is 0 Å². The number of rotatable bonds is 1. The Labute approximate surface area is 331 Å². The van der Waals surface area contributed by atoms with Gasteiger partial charge in [-0.15, -0.1) is 11.3 Å². The maximum atomic E-state index is 2.59. The van der Waals surface area contributed by atoms with Crippen molar-refractivity contribution in [3.63, 3.8) is 0 Å². The zero-order chi connectivity index (χ0) is 37.0. The predicted molar refractivity (Wildman–Crippen MR) is 233 cm³/mol. The van der Waals surface area contributed by atoms with Crippen LogP contribution in [0.3, 0.4) is 0 Å². The zero-order valence-electron chi connectivity index (χ0n) is 31.2. The van der Waals surface area contributed by atoms with E-state index in [1.165, 1.54) is 110 Å². The summed E-state index contributed by atoms with van der Waals surface area (Å²) in [6.07, 6.45) is 0. The number of benzene rings is 8. The molecule has 1 heterocycles. The molecular weight excluding hydrogens is 693 g/mol. The van der Waals surface area contributed by atoms with Crippen LogP contribution in [0.25, 0.3) is 54.6 Å². The Morgan fingerprint density at radius 1 is 0.339 bits per heavy atom. The fourth-order valence-corrected chi connectivity index (χ4v) is 13.1. The number of fused-ring (bicyclic) bond motifs is 21.